The highest BCUT2D eigenvalue weighted by atomic mass is 16.5. The van der Waals surface area contributed by atoms with Gasteiger partial charge in [-0.1, -0.05) is 12.1 Å². The van der Waals surface area contributed by atoms with Gasteiger partial charge in [-0.3, -0.25) is 4.79 Å². The molecule has 0 fully saturated rings. The second-order valence-electron chi connectivity index (χ2n) is 5.19. The van der Waals surface area contributed by atoms with E-state index in [0.29, 0.717) is 29.4 Å². The number of benzene rings is 2. The highest BCUT2D eigenvalue weighted by molar-refractivity contribution is 5.98. The number of carbonyl (C=O) groups is 2. The van der Waals surface area contributed by atoms with Crippen LogP contribution in [0.15, 0.2) is 48.5 Å². The number of ether oxygens (including phenoxy) is 3. The predicted molar refractivity (Wildman–Crippen MR) is 94.1 cm³/mol. The summed E-state index contributed by atoms with van der Waals surface area (Å²) in [5.74, 6) is 0.180. The number of esters is 1. The molecule has 1 atom stereocenters. The van der Waals surface area contributed by atoms with Crippen molar-refractivity contribution in [1.82, 2.24) is 0 Å². The number of hydrogen-bond donors (Lipinski definition) is 1. The molecule has 0 saturated carbocycles. The molecule has 0 aliphatic heterocycles. The molecule has 0 spiro atoms. The van der Waals surface area contributed by atoms with Gasteiger partial charge >= 0.3 is 5.97 Å². The minimum Gasteiger partial charge on any atom is -0.497 e. The van der Waals surface area contributed by atoms with Gasteiger partial charge in [0, 0.05) is 0 Å². The van der Waals surface area contributed by atoms with Crippen molar-refractivity contribution in [2.75, 3.05) is 19.0 Å². The molecular weight excluding hydrogens is 322 g/mol. The van der Waals surface area contributed by atoms with Crippen LogP contribution in [0.4, 0.5) is 5.69 Å². The average Bonchev–Trinajstić information content (AvgIpc) is 2.63. The van der Waals surface area contributed by atoms with Crippen LogP contribution in [0.25, 0.3) is 0 Å². The summed E-state index contributed by atoms with van der Waals surface area (Å²) in [6, 6.07) is 13.5. The SMILES string of the molecule is CCOc1ccccc1NC(=O)[C@@H](C)OC(=O)c1ccc(OC)cc1. The number of hydrogen-bond acceptors (Lipinski definition) is 5. The zero-order valence-corrected chi connectivity index (χ0v) is 14.4. The maximum Gasteiger partial charge on any atom is 0.338 e. The van der Waals surface area contributed by atoms with Crippen LogP contribution in [0.2, 0.25) is 0 Å². The standard InChI is InChI=1S/C19H21NO5/c1-4-24-17-8-6-5-7-16(17)20-18(21)13(2)25-19(22)14-9-11-15(23-3)12-10-14/h5-13H,4H2,1-3H3,(H,20,21)/t13-/m1/s1. The lowest BCUT2D eigenvalue weighted by Crippen LogP contribution is -2.30. The molecule has 6 heteroatoms. The number of para-hydroxylation sites is 2. The van der Waals surface area contributed by atoms with Crippen LogP contribution in [0, 0.1) is 0 Å². The first kappa shape index (κ1) is 18.3. The Bertz CT molecular complexity index is 727. The summed E-state index contributed by atoms with van der Waals surface area (Å²) in [7, 11) is 1.54. The fourth-order valence-corrected chi connectivity index (χ4v) is 2.09. The van der Waals surface area contributed by atoms with Crippen molar-refractivity contribution in [2.45, 2.75) is 20.0 Å². The molecule has 1 N–H and O–H groups in total. The summed E-state index contributed by atoms with van der Waals surface area (Å²) in [4.78, 5) is 24.4. The van der Waals surface area contributed by atoms with Gasteiger partial charge in [0.2, 0.25) is 0 Å². The maximum absolute atomic E-state index is 12.3. The Labute approximate surface area is 146 Å². The average molecular weight is 343 g/mol. The third-order valence-corrected chi connectivity index (χ3v) is 3.42. The van der Waals surface area contributed by atoms with Gasteiger partial charge in [0.15, 0.2) is 6.10 Å². The second kappa shape index (κ2) is 8.73. The molecule has 0 bridgehead atoms. The molecule has 132 valence electrons. The highest BCUT2D eigenvalue weighted by Crippen LogP contribution is 2.24. The Hall–Kier alpha value is -3.02. The third-order valence-electron chi connectivity index (χ3n) is 3.42. The fraction of sp³-hybridized carbons (Fsp3) is 0.263. The predicted octanol–water partition coefficient (Wildman–Crippen LogP) is 3.28. The van der Waals surface area contributed by atoms with Crippen LogP contribution >= 0.6 is 0 Å². The number of nitrogens with one attached hydrogen (secondary N) is 1. The highest BCUT2D eigenvalue weighted by Gasteiger charge is 2.20. The quantitative estimate of drug-likeness (QED) is 0.781. The summed E-state index contributed by atoms with van der Waals surface area (Å²) in [5, 5.41) is 2.71. The molecule has 0 aliphatic carbocycles. The summed E-state index contributed by atoms with van der Waals surface area (Å²) in [6.07, 6.45) is -0.954. The Morgan fingerprint density at radius 3 is 2.40 bits per heavy atom. The van der Waals surface area contributed by atoms with Crippen LogP contribution in [0.5, 0.6) is 11.5 Å². The summed E-state index contributed by atoms with van der Waals surface area (Å²) in [5.41, 5.74) is 0.872. The van der Waals surface area contributed by atoms with E-state index in [9.17, 15) is 9.59 Å². The first-order valence-electron chi connectivity index (χ1n) is 7.93. The molecule has 6 nitrogen and oxygen atoms in total. The smallest absolute Gasteiger partial charge is 0.338 e. The Morgan fingerprint density at radius 2 is 1.76 bits per heavy atom. The van der Waals surface area contributed by atoms with Crippen molar-refractivity contribution in [1.29, 1.82) is 0 Å². The van der Waals surface area contributed by atoms with Gasteiger partial charge in [0.1, 0.15) is 11.5 Å². The number of amides is 1. The van der Waals surface area contributed by atoms with Crippen LogP contribution in [-0.4, -0.2) is 31.7 Å². The largest absolute Gasteiger partial charge is 0.497 e. The van der Waals surface area contributed by atoms with Crippen LogP contribution in [0.1, 0.15) is 24.2 Å². The van der Waals surface area contributed by atoms with Gasteiger partial charge in [-0.15, -0.1) is 0 Å². The molecule has 2 aromatic rings. The zero-order valence-electron chi connectivity index (χ0n) is 14.4. The summed E-state index contributed by atoms with van der Waals surface area (Å²) in [6.45, 7) is 3.85. The molecule has 25 heavy (non-hydrogen) atoms. The molecule has 2 aromatic carbocycles. The molecule has 1 amide bonds. The van der Waals surface area contributed by atoms with Crippen molar-refractivity contribution in [3.8, 4) is 11.5 Å². The van der Waals surface area contributed by atoms with E-state index in [1.54, 1.807) is 49.6 Å². The normalized spacial score (nSPS) is 11.3. The van der Waals surface area contributed by atoms with Crippen molar-refractivity contribution in [3.05, 3.63) is 54.1 Å². The van der Waals surface area contributed by atoms with Crippen LogP contribution in [-0.2, 0) is 9.53 Å². The van der Waals surface area contributed by atoms with Crippen molar-refractivity contribution in [3.63, 3.8) is 0 Å². The van der Waals surface area contributed by atoms with Gasteiger partial charge in [-0.05, 0) is 50.2 Å². The maximum atomic E-state index is 12.3. The van der Waals surface area contributed by atoms with Crippen LogP contribution in [0.3, 0.4) is 0 Å². The Kier molecular flexibility index (Phi) is 6.39. The topological polar surface area (TPSA) is 73.9 Å². The van der Waals surface area contributed by atoms with E-state index in [1.807, 2.05) is 13.0 Å². The molecule has 0 aliphatic rings. The van der Waals surface area contributed by atoms with Gasteiger partial charge in [-0.2, -0.15) is 0 Å². The van der Waals surface area contributed by atoms with Gasteiger partial charge in [-0.25, -0.2) is 4.79 Å². The van der Waals surface area contributed by atoms with Crippen LogP contribution < -0.4 is 14.8 Å². The lowest BCUT2D eigenvalue weighted by atomic mass is 10.2. The Morgan fingerprint density at radius 1 is 1.08 bits per heavy atom. The van der Waals surface area contributed by atoms with Crippen molar-refractivity contribution < 1.29 is 23.8 Å². The molecule has 0 unspecified atom stereocenters. The molecular formula is C19H21NO5. The zero-order chi connectivity index (χ0) is 18.2. The number of anilines is 1. The molecule has 0 radical (unpaired) electrons. The van der Waals surface area contributed by atoms with Crippen molar-refractivity contribution in [2.24, 2.45) is 0 Å². The number of methoxy groups -OCH3 is 1. The van der Waals surface area contributed by atoms with Gasteiger partial charge < -0.3 is 19.5 Å². The van der Waals surface area contributed by atoms with Gasteiger partial charge in [0.25, 0.3) is 5.91 Å². The third kappa shape index (κ3) is 4.97. The van der Waals surface area contributed by atoms with E-state index in [-0.39, 0.29) is 0 Å². The Balaban J connectivity index is 1.98. The second-order valence-corrected chi connectivity index (χ2v) is 5.19. The number of rotatable bonds is 7. The molecule has 2 rings (SSSR count). The van der Waals surface area contributed by atoms with E-state index in [4.69, 9.17) is 14.2 Å². The van der Waals surface area contributed by atoms with E-state index < -0.39 is 18.0 Å². The minimum atomic E-state index is -0.954. The summed E-state index contributed by atoms with van der Waals surface area (Å²) >= 11 is 0. The number of carbonyl (C=O) groups excluding carboxylic acids is 2. The van der Waals surface area contributed by atoms with E-state index in [2.05, 4.69) is 5.32 Å². The lowest BCUT2D eigenvalue weighted by molar-refractivity contribution is -0.123. The molecule has 0 saturated heterocycles. The first-order valence-corrected chi connectivity index (χ1v) is 7.93. The first-order chi connectivity index (χ1) is 12.0. The fourth-order valence-electron chi connectivity index (χ4n) is 2.09. The monoisotopic (exact) mass is 343 g/mol. The van der Waals surface area contributed by atoms with Crippen molar-refractivity contribution >= 4 is 17.6 Å². The molecule has 0 heterocycles. The van der Waals surface area contributed by atoms with E-state index in [0.717, 1.165) is 0 Å². The lowest BCUT2D eigenvalue weighted by Gasteiger charge is -2.15. The summed E-state index contributed by atoms with van der Waals surface area (Å²) < 4.78 is 15.7. The van der Waals surface area contributed by atoms with Gasteiger partial charge in [0.05, 0.1) is 25.0 Å². The van der Waals surface area contributed by atoms with E-state index in [1.165, 1.54) is 6.92 Å². The van der Waals surface area contributed by atoms with E-state index >= 15 is 0 Å². The minimum absolute atomic E-state index is 0.343. The molecule has 0 aromatic heterocycles.